The van der Waals surface area contributed by atoms with Crippen molar-refractivity contribution < 1.29 is 4.39 Å². The van der Waals surface area contributed by atoms with Gasteiger partial charge in [0.25, 0.3) is 0 Å². The maximum absolute atomic E-state index is 12.6. The Hall–Kier alpha value is -1.33. The van der Waals surface area contributed by atoms with Crippen LogP contribution in [0.15, 0.2) is 23.7 Å². The number of thiazole rings is 1. The summed E-state index contributed by atoms with van der Waals surface area (Å²) in [6, 6.07) is 3.00. The molecule has 0 saturated heterocycles. The van der Waals surface area contributed by atoms with Gasteiger partial charge in [-0.1, -0.05) is 0 Å². The average Bonchev–Trinajstić information content (AvgIpc) is 2.68. The molecule has 3 nitrogen and oxygen atoms in total. The minimum atomic E-state index is -0.337. The quantitative estimate of drug-likeness (QED) is 0.863. The van der Waals surface area contributed by atoms with Crippen molar-refractivity contribution in [2.45, 2.75) is 6.42 Å². The standard InChI is InChI=1S/C10H10FN3S/c11-7-1-2-8(13-5-7)9-6-15-10(14-9)3-4-12/h1-2,5-6H,3-4,12H2. The summed E-state index contributed by atoms with van der Waals surface area (Å²) in [5, 5.41) is 2.89. The molecule has 0 aromatic carbocycles. The SMILES string of the molecule is NCCc1nc(-c2ccc(F)cn2)cs1. The third-order valence-electron chi connectivity index (χ3n) is 1.90. The Kier molecular flexibility index (Phi) is 3.03. The highest BCUT2D eigenvalue weighted by atomic mass is 32.1. The van der Waals surface area contributed by atoms with Gasteiger partial charge in [0.1, 0.15) is 5.82 Å². The van der Waals surface area contributed by atoms with E-state index in [9.17, 15) is 4.39 Å². The van der Waals surface area contributed by atoms with Gasteiger partial charge in [0.15, 0.2) is 0 Å². The molecule has 0 aliphatic heterocycles. The molecule has 0 amide bonds. The van der Waals surface area contributed by atoms with E-state index in [-0.39, 0.29) is 5.82 Å². The predicted molar refractivity (Wildman–Crippen MR) is 58.1 cm³/mol. The van der Waals surface area contributed by atoms with E-state index in [1.54, 1.807) is 17.4 Å². The summed E-state index contributed by atoms with van der Waals surface area (Å²) in [6.45, 7) is 0.587. The van der Waals surface area contributed by atoms with Crippen LogP contribution in [0.5, 0.6) is 0 Å². The van der Waals surface area contributed by atoms with E-state index in [0.29, 0.717) is 12.2 Å². The molecule has 0 unspecified atom stereocenters. The maximum atomic E-state index is 12.6. The molecular formula is C10H10FN3S. The zero-order chi connectivity index (χ0) is 10.7. The Morgan fingerprint density at radius 2 is 2.20 bits per heavy atom. The van der Waals surface area contributed by atoms with Gasteiger partial charge in [0.05, 0.1) is 22.6 Å². The van der Waals surface area contributed by atoms with E-state index in [1.807, 2.05) is 5.38 Å². The average molecular weight is 223 g/mol. The van der Waals surface area contributed by atoms with Crippen LogP contribution in [0, 0.1) is 5.82 Å². The fraction of sp³-hybridized carbons (Fsp3) is 0.200. The normalized spacial score (nSPS) is 10.5. The Balaban J connectivity index is 2.25. The molecule has 0 saturated carbocycles. The number of halogens is 1. The predicted octanol–water partition coefficient (Wildman–Crippen LogP) is 1.85. The van der Waals surface area contributed by atoms with Crippen molar-refractivity contribution in [2.75, 3.05) is 6.54 Å². The molecule has 0 radical (unpaired) electrons. The molecule has 0 spiro atoms. The molecule has 15 heavy (non-hydrogen) atoms. The zero-order valence-corrected chi connectivity index (χ0v) is 8.80. The van der Waals surface area contributed by atoms with Crippen molar-refractivity contribution in [3.8, 4) is 11.4 Å². The Labute approximate surface area is 90.8 Å². The van der Waals surface area contributed by atoms with Crippen LogP contribution >= 0.6 is 11.3 Å². The van der Waals surface area contributed by atoms with Crippen molar-refractivity contribution in [1.29, 1.82) is 0 Å². The van der Waals surface area contributed by atoms with Crippen LogP contribution in [0.3, 0.4) is 0 Å². The number of nitrogens with two attached hydrogens (primary N) is 1. The summed E-state index contributed by atoms with van der Waals surface area (Å²) in [4.78, 5) is 8.31. The molecule has 0 fully saturated rings. The van der Waals surface area contributed by atoms with Gasteiger partial charge in [-0.25, -0.2) is 9.37 Å². The smallest absolute Gasteiger partial charge is 0.141 e. The minimum Gasteiger partial charge on any atom is -0.330 e. The van der Waals surface area contributed by atoms with Gasteiger partial charge in [0.2, 0.25) is 0 Å². The van der Waals surface area contributed by atoms with Gasteiger partial charge in [-0.05, 0) is 18.7 Å². The summed E-state index contributed by atoms with van der Waals surface area (Å²) >= 11 is 1.55. The fourth-order valence-corrected chi connectivity index (χ4v) is 2.00. The van der Waals surface area contributed by atoms with E-state index < -0.39 is 0 Å². The summed E-state index contributed by atoms with van der Waals surface area (Å²) < 4.78 is 12.6. The summed E-state index contributed by atoms with van der Waals surface area (Å²) in [5.41, 5.74) is 6.90. The monoisotopic (exact) mass is 223 g/mol. The van der Waals surface area contributed by atoms with Crippen molar-refractivity contribution in [3.63, 3.8) is 0 Å². The van der Waals surface area contributed by atoms with Gasteiger partial charge in [0, 0.05) is 11.8 Å². The van der Waals surface area contributed by atoms with Gasteiger partial charge in [-0.3, -0.25) is 4.98 Å². The molecule has 5 heteroatoms. The number of aromatic nitrogens is 2. The lowest BCUT2D eigenvalue weighted by Crippen LogP contribution is -2.02. The molecule has 2 rings (SSSR count). The van der Waals surface area contributed by atoms with Crippen LogP contribution in [0.4, 0.5) is 4.39 Å². The molecular weight excluding hydrogens is 213 g/mol. The molecule has 2 heterocycles. The third kappa shape index (κ3) is 2.37. The zero-order valence-electron chi connectivity index (χ0n) is 7.98. The lowest BCUT2D eigenvalue weighted by molar-refractivity contribution is 0.622. The number of pyridine rings is 1. The first-order valence-corrected chi connectivity index (χ1v) is 5.44. The molecule has 78 valence electrons. The van der Waals surface area contributed by atoms with Crippen molar-refractivity contribution >= 4 is 11.3 Å². The van der Waals surface area contributed by atoms with Crippen LogP contribution in [0.25, 0.3) is 11.4 Å². The second-order valence-electron chi connectivity index (χ2n) is 3.03. The van der Waals surface area contributed by atoms with Crippen LogP contribution in [-0.2, 0) is 6.42 Å². The Morgan fingerprint density at radius 1 is 1.33 bits per heavy atom. The van der Waals surface area contributed by atoms with Crippen LogP contribution in [0.2, 0.25) is 0 Å². The van der Waals surface area contributed by atoms with E-state index >= 15 is 0 Å². The summed E-state index contributed by atoms with van der Waals surface area (Å²) in [6.07, 6.45) is 1.96. The van der Waals surface area contributed by atoms with E-state index in [0.717, 1.165) is 17.1 Å². The molecule has 0 aliphatic rings. The number of hydrogen-bond acceptors (Lipinski definition) is 4. The molecule has 0 atom stereocenters. The van der Waals surface area contributed by atoms with E-state index in [4.69, 9.17) is 5.73 Å². The van der Waals surface area contributed by atoms with Gasteiger partial charge in [-0.15, -0.1) is 11.3 Å². The largest absolute Gasteiger partial charge is 0.330 e. The fourth-order valence-electron chi connectivity index (χ4n) is 1.19. The van der Waals surface area contributed by atoms with E-state index in [2.05, 4.69) is 9.97 Å². The van der Waals surface area contributed by atoms with E-state index in [1.165, 1.54) is 12.3 Å². The van der Waals surface area contributed by atoms with Gasteiger partial charge >= 0.3 is 0 Å². The maximum Gasteiger partial charge on any atom is 0.141 e. The van der Waals surface area contributed by atoms with Gasteiger partial charge in [-0.2, -0.15) is 0 Å². The Morgan fingerprint density at radius 3 is 2.87 bits per heavy atom. The molecule has 0 bridgehead atoms. The van der Waals surface area contributed by atoms with Crippen LogP contribution in [0.1, 0.15) is 5.01 Å². The Bertz CT molecular complexity index is 438. The molecule has 0 aliphatic carbocycles. The first-order valence-electron chi connectivity index (χ1n) is 4.56. The molecule has 2 aromatic rings. The topological polar surface area (TPSA) is 51.8 Å². The van der Waals surface area contributed by atoms with Crippen LogP contribution in [-0.4, -0.2) is 16.5 Å². The second-order valence-corrected chi connectivity index (χ2v) is 3.97. The van der Waals surface area contributed by atoms with Crippen molar-refractivity contribution in [3.05, 3.63) is 34.5 Å². The highest BCUT2D eigenvalue weighted by Crippen LogP contribution is 2.19. The second kappa shape index (κ2) is 4.46. The van der Waals surface area contributed by atoms with Crippen LogP contribution < -0.4 is 5.73 Å². The highest BCUT2D eigenvalue weighted by Gasteiger charge is 2.05. The van der Waals surface area contributed by atoms with Gasteiger partial charge < -0.3 is 5.73 Å². The third-order valence-corrected chi connectivity index (χ3v) is 2.81. The van der Waals surface area contributed by atoms with Crippen molar-refractivity contribution in [2.24, 2.45) is 5.73 Å². The molecule has 2 aromatic heterocycles. The minimum absolute atomic E-state index is 0.337. The molecule has 2 N–H and O–H groups in total. The van der Waals surface area contributed by atoms with Crippen molar-refractivity contribution in [1.82, 2.24) is 9.97 Å². The summed E-state index contributed by atoms with van der Waals surface area (Å²) in [7, 11) is 0. The number of nitrogens with zero attached hydrogens (tertiary/aromatic N) is 2. The number of hydrogen-bond donors (Lipinski definition) is 1. The lowest BCUT2D eigenvalue weighted by atomic mass is 10.3. The first-order chi connectivity index (χ1) is 7.29. The summed E-state index contributed by atoms with van der Waals surface area (Å²) in [5.74, 6) is -0.337. The number of rotatable bonds is 3. The lowest BCUT2D eigenvalue weighted by Gasteiger charge is -1.94. The highest BCUT2D eigenvalue weighted by molar-refractivity contribution is 7.09. The first kappa shape index (κ1) is 10.2.